The minimum absolute atomic E-state index is 0.0416. The van der Waals surface area contributed by atoms with Crippen LogP contribution in [0.2, 0.25) is 0 Å². The van der Waals surface area contributed by atoms with E-state index in [1.807, 2.05) is 0 Å². The van der Waals surface area contributed by atoms with Gasteiger partial charge < -0.3 is 37.8 Å². The van der Waals surface area contributed by atoms with Crippen molar-refractivity contribution in [3.8, 4) is 0 Å². The summed E-state index contributed by atoms with van der Waals surface area (Å²) < 4.78 is 0. The first-order valence-electron chi connectivity index (χ1n) is 10.6. The van der Waals surface area contributed by atoms with Crippen LogP contribution in [-0.4, -0.2) is 82.6 Å². The quantitative estimate of drug-likeness (QED) is 0.107. The van der Waals surface area contributed by atoms with Gasteiger partial charge in [0, 0.05) is 18.7 Å². The molecule has 1 rings (SSSR count). The lowest BCUT2D eigenvalue weighted by molar-refractivity contribution is -0.144. The fourth-order valence-corrected chi connectivity index (χ4v) is 3.66. The van der Waals surface area contributed by atoms with Crippen molar-refractivity contribution in [3.05, 3.63) is 0 Å². The zero-order valence-electron chi connectivity index (χ0n) is 18.0. The van der Waals surface area contributed by atoms with Crippen molar-refractivity contribution in [1.29, 1.82) is 0 Å². The summed E-state index contributed by atoms with van der Waals surface area (Å²) in [6.45, 7) is 0.717. The first kappa shape index (κ1) is 27.7. The molecule has 12 nitrogen and oxygen atoms in total. The Morgan fingerprint density at radius 1 is 1.09 bits per heavy atom. The van der Waals surface area contributed by atoms with E-state index in [4.69, 9.17) is 22.3 Å². The number of primary amides is 1. The summed E-state index contributed by atoms with van der Waals surface area (Å²) in [7, 11) is 0. The Bertz CT molecular complexity index is 693. The molecule has 1 heterocycles. The fourth-order valence-electron chi connectivity index (χ4n) is 3.41. The van der Waals surface area contributed by atoms with Crippen molar-refractivity contribution in [2.75, 3.05) is 18.8 Å². The monoisotopic (exact) mass is 474 g/mol. The second kappa shape index (κ2) is 13.9. The number of carbonyl (C=O) groups is 5. The molecule has 0 aliphatic carbocycles. The van der Waals surface area contributed by atoms with E-state index in [1.54, 1.807) is 0 Å². The van der Waals surface area contributed by atoms with E-state index in [-0.39, 0.29) is 18.6 Å². The molecule has 4 atom stereocenters. The lowest BCUT2D eigenvalue weighted by Crippen LogP contribution is -2.57. The number of hydrogen-bond acceptors (Lipinski definition) is 8. The normalized spacial score (nSPS) is 18.5. The van der Waals surface area contributed by atoms with Crippen molar-refractivity contribution in [2.24, 2.45) is 17.2 Å². The zero-order valence-corrected chi connectivity index (χ0v) is 18.9. The molecule has 13 heteroatoms. The summed E-state index contributed by atoms with van der Waals surface area (Å²) >= 11 is 3.93. The molecule has 9 N–H and O–H groups in total. The first-order chi connectivity index (χ1) is 15.1. The molecule has 0 aromatic heterocycles. The van der Waals surface area contributed by atoms with Crippen LogP contribution in [0.25, 0.3) is 0 Å². The molecule has 0 aromatic rings. The second-order valence-electron chi connectivity index (χ2n) is 7.73. The van der Waals surface area contributed by atoms with Gasteiger partial charge in [0.15, 0.2) is 0 Å². The van der Waals surface area contributed by atoms with Crippen LogP contribution in [0.15, 0.2) is 0 Å². The van der Waals surface area contributed by atoms with Crippen LogP contribution >= 0.6 is 12.6 Å². The number of carboxylic acids is 1. The lowest BCUT2D eigenvalue weighted by atomic mass is 10.1. The molecule has 1 aliphatic rings. The average molecular weight is 475 g/mol. The maximum absolute atomic E-state index is 13.2. The van der Waals surface area contributed by atoms with E-state index in [0.717, 1.165) is 0 Å². The summed E-state index contributed by atoms with van der Waals surface area (Å²) in [5, 5.41) is 14.1. The second-order valence-corrected chi connectivity index (χ2v) is 8.09. The van der Waals surface area contributed by atoms with Crippen LogP contribution in [0.1, 0.15) is 44.9 Å². The van der Waals surface area contributed by atoms with Gasteiger partial charge in [0.1, 0.15) is 18.1 Å². The van der Waals surface area contributed by atoms with Gasteiger partial charge in [0.25, 0.3) is 0 Å². The van der Waals surface area contributed by atoms with Gasteiger partial charge in [-0.05, 0) is 45.1 Å². The zero-order chi connectivity index (χ0) is 24.3. The van der Waals surface area contributed by atoms with E-state index in [2.05, 4.69) is 23.3 Å². The molecule has 182 valence electrons. The van der Waals surface area contributed by atoms with Crippen molar-refractivity contribution >= 4 is 42.2 Å². The molecule has 0 bridgehead atoms. The number of carbonyl (C=O) groups excluding carboxylic acids is 4. The highest BCUT2D eigenvalue weighted by Crippen LogP contribution is 2.20. The standard InChI is InChI=1S/C19H34N6O6S/c20-8-2-1-4-12(23-16(27)11(21)6-7-15(22)26)18(29)25-9-3-5-14(25)17(28)24-13(10-32)19(30)31/h11-14,32H,1-10,20-21H2,(H2,22,26)(H,23,27)(H,24,28)(H,30,31). The Hall–Kier alpha value is -2.38. The molecule has 1 aliphatic heterocycles. The Morgan fingerprint density at radius 2 is 1.78 bits per heavy atom. The van der Waals surface area contributed by atoms with Crippen LogP contribution in [0.3, 0.4) is 0 Å². The van der Waals surface area contributed by atoms with Gasteiger partial charge >= 0.3 is 5.97 Å². The number of rotatable bonds is 14. The fraction of sp³-hybridized carbons (Fsp3) is 0.737. The van der Waals surface area contributed by atoms with Gasteiger partial charge in [0.05, 0.1) is 6.04 Å². The minimum Gasteiger partial charge on any atom is -0.480 e. The molecule has 0 radical (unpaired) electrons. The summed E-state index contributed by atoms with van der Waals surface area (Å²) in [4.78, 5) is 61.8. The number of unbranched alkanes of at least 4 members (excludes halogenated alkanes) is 1. The van der Waals surface area contributed by atoms with Gasteiger partial charge in [-0.3, -0.25) is 19.2 Å². The average Bonchev–Trinajstić information content (AvgIpc) is 3.24. The van der Waals surface area contributed by atoms with Gasteiger partial charge in [-0.1, -0.05) is 0 Å². The number of carboxylic acid groups (broad SMARTS) is 1. The maximum Gasteiger partial charge on any atom is 0.327 e. The molecule has 1 fully saturated rings. The van der Waals surface area contributed by atoms with Crippen LogP contribution in [0.4, 0.5) is 0 Å². The largest absolute Gasteiger partial charge is 0.480 e. The van der Waals surface area contributed by atoms with E-state index in [9.17, 15) is 24.0 Å². The Kier molecular flexibility index (Phi) is 12.0. The molecule has 4 unspecified atom stereocenters. The highest BCUT2D eigenvalue weighted by Gasteiger charge is 2.38. The molecule has 4 amide bonds. The third-order valence-corrected chi connectivity index (χ3v) is 5.60. The van der Waals surface area contributed by atoms with Crippen molar-refractivity contribution in [1.82, 2.24) is 15.5 Å². The number of nitrogens with zero attached hydrogens (tertiary/aromatic N) is 1. The highest BCUT2D eigenvalue weighted by molar-refractivity contribution is 7.80. The highest BCUT2D eigenvalue weighted by atomic mass is 32.1. The predicted molar refractivity (Wildman–Crippen MR) is 119 cm³/mol. The number of amides is 4. The van der Waals surface area contributed by atoms with E-state index >= 15 is 0 Å². The summed E-state index contributed by atoms with van der Waals surface area (Å²) in [6.07, 6.45) is 2.41. The Morgan fingerprint density at radius 3 is 2.34 bits per heavy atom. The number of likely N-dealkylation sites (tertiary alicyclic amines) is 1. The lowest BCUT2D eigenvalue weighted by Gasteiger charge is -2.30. The summed E-state index contributed by atoms with van der Waals surface area (Å²) in [5.74, 6) is -3.53. The smallest absolute Gasteiger partial charge is 0.327 e. The minimum atomic E-state index is -1.22. The first-order valence-corrected chi connectivity index (χ1v) is 11.2. The van der Waals surface area contributed by atoms with Gasteiger partial charge in [-0.15, -0.1) is 0 Å². The number of hydrogen-bond donors (Lipinski definition) is 7. The number of thiol groups is 1. The van der Waals surface area contributed by atoms with Gasteiger partial charge in [-0.25, -0.2) is 4.79 Å². The van der Waals surface area contributed by atoms with E-state index in [0.29, 0.717) is 45.2 Å². The predicted octanol–water partition coefficient (Wildman–Crippen LogP) is -2.32. The Balaban J connectivity index is 2.89. The molecule has 0 spiro atoms. The topological polar surface area (TPSA) is 211 Å². The molecule has 0 aromatic carbocycles. The molecular formula is C19H34N6O6S. The molecule has 32 heavy (non-hydrogen) atoms. The van der Waals surface area contributed by atoms with Crippen LogP contribution in [0.5, 0.6) is 0 Å². The number of aliphatic carboxylic acids is 1. The molecule has 0 saturated carbocycles. The molecular weight excluding hydrogens is 440 g/mol. The van der Waals surface area contributed by atoms with Crippen molar-refractivity contribution in [2.45, 2.75) is 69.1 Å². The third kappa shape index (κ3) is 8.63. The summed E-state index contributed by atoms with van der Waals surface area (Å²) in [5.41, 5.74) is 16.4. The van der Waals surface area contributed by atoms with E-state index in [1.165, 1.54) is 4.90 Å². The maximum atomic E-state index is 13.2. The van der Waals surface area contributed by atoms with Gasteiger partial charge in [0.2, 0.25) is 23.6 Å². The SMILES string of the molecule is NCCCCC(NC(=O)C(N)CCC(N)=O)C(=O)N1CCCC1C(=O)NC(CS)C(=O)O. The van der Waals surface area contributed by atoms with Crippen LogP contribution in [-0.2, 0) is 24.0 Å². The summed E-state index contributed by atoms with van der Waals surface area (Å²) in [6, 6.07) is -3.97. The Labute approximate surface area is 192 Å². The number of nitrogens with one attached hydrogen (secondary N) is 2. The van der Waals surface area contributed by atoms with Crippen LogP contribution < -0.4 is 27.8 Å². The van der Waals surface area contributed by atoms with Crippen molar-refractivity contribution in [3.63, 3.8) is 0 Å². The van der Waals surface area contributed by atoms with Crippen LogP contribution in [0, 0.1) is 0 Å². The number of nitrogens with two attached hydrogens (primary N) is 3. The van der Waals surface area contributed by atoms with Gasteiger partial charge in [-0.2, -0.15) is 12.6 Å². The third-order valence-electron chi connectivity index (χ3n) is 5.24. The van der Waals surface area contributed by atoms with E-state index < -0.39 is 53.8 Å². The molecule has 1 saturated heterocycles. The van der Waals surface area contributed by atoms with Crippen molar-refractivity contribution < 1.29 is 29.1 Å².